The summed E-state index contributed by atoms with van der Waals surface area (Å²) in [5, 5.41) is 0. The van der Waals surface area contributed by atoms with Crippen LogP contribution in [-0.4, -0.2) is 42.0 Å². The van der Waals surface area contributed by atoms with Crippen molar-refractivity contribution < 1.29 is 4.79 Å². The molecule has 2 aliphatic heterocycles. The summed E-state index contributed by atoms with van der Waals surface area (Å²) in [5.41, 5.74) is 2.99. The third-order valence-electron chi connectivity index (χ3n) is 5.54. The minimum absolute atomic E-state index is 0.162. The molecule has 0 bridgehead atoms. The maximum Gasteiger partial charge on any atom is 0.253 e. The van der Waals surface area contributed by atoms with E-state index in [0.717, 1.165) is 61.5 Å². The quantitative estimate of drug-likeness (QED) is 0.826. The number of likely N-dealkylation sites (tertiary alicyclic amines) is 1. The number of aromatic nitrogens is 1. The summed E-state index contributed by atoms with van der Waals surface area (Å²) in [7, 11) is 0. The van der Waals surface area contributed by atoms with Gasteiger partial charge in [-0.05, 0) is 68.4 Å². The molecule has 0 radical (unpaired) electrons. The fourth-order valence-corrected chi connectivity index (χ4v) is 3.95. The van der Waals surface area contributed by atoms with Crippen molar-refractivity contribution >= 4 is 11.7 Å². The Morgan fingerprint density at radius 2 is 1.35 bits per heavy atom. The summed E-state index contributed by atoms with van der Waals surface area (Å²) >= 11 is 0. The van der Waals surface area contributed by atoms with Crippen molar-refractivity contribution in [2.45, 2.75) is 38.5 Å². The van der Waals surface area contributed by atoms with Crippen LogP contribution < -0.4 is 4.90 Å². The number of carbonyl (C=O) groups is 1. The van der Waals surface area contributed by atoms with E-state index in [4.69, 9.17) is 0 Å². The summed E-state index contributed by atoms with van der Waals surface area (Å²) in [5.74, 6) is 1.24. The number of rotatable bonds is 3. The number of piperidine rings is 2. The predicted octanol–water partition coefficient (Wildman–Crippen LogP) is 4.37. The Kier molecular flexibility index (Phi) is 5.19. The van der Waals surface area contributed by atoms with E-state index in [0.29, 0.717) is 0 Å². The van der Waals surface area contributed by atoms with Gasteiger partial charge in [0.1, 0.15) is 5.82 Å². The highest BCUT2D eigenvalue weighted by molar-refractivity contribution is 5.94. The van der Waals surface area contributed by atoms with Crippen LogP contribution >= 0.6 is 0 Å². The lowest BCUT2D eigenvalue weighted by Crippen LogP contribution is -2.35. The van der Waals surface area contributed by atoms with Gasteiger partial charge in [-0.15, -0.1) is 0 Å². The van der Waals surface area contributed by atoms with Crippen LogP contribution in [0.3, 0.4) is 0 Å². The van der Waals surface area contributed by atoms with Crippen LogP contribution in [0.2, 0.25) is 0 Å². The molecule has 0 saturated carbocycles. The average Bonchev–Trinajstić information content (AvgIpc) is 2.75. The molecule has 4 nitrogen and oxygen atoms in total. The molecule has 0 spiro atoms. The minimum atomic E-state index is 0.162. The van der Waals surface area contributed by atoms with Gasteiger partial charge in [0.15, 0.2) is 0 Å². The Morgan fingerprint density at radius 1 is 0.731 bits per heavy atom. The second-order valence-electron chi connectivity index (χ2n) is 7.38. The second-order valence-corrected chi connectivity index (χ2v) is 7.38. The van der Waals surface area contributed by atoms with Crippen molar-refractivity contribution in [2.24, 2.45) is 0 Å². The van der Waals surface area contributed by atoms with E-state index in [1.54, 1.807) is 0 Å². The lowest BCUT2D eigenvalue weighted by Gasteiger charge is -2.27. The first kappa shape index (κ1) is 17.1. The molecule has 3 heterocycles. The molecule has 2 aromatic rings. The van der Waals surface area contributed by atoms with E-state index in [9.17, 15) is 4.79 Å². The third-order valence-corrected chi connectivity index (χ3v) is 5.54. The van der Waals surface area contributed by atoms with Crippen molar-refractivity contribution in [3.8, 4) is 11.1 Å². The normalized spacial score (nSPS) is 18.0. The molecule has 2 saturated heterocycles. The summed E-state index contributed by atoms with van der Waals surface area (Å²) in [6.07, 6.45) is 9.29. The zero-order valence-electron chi connectivity index (χ0n) is 15.4. The van der Waals surface area contributed by atoms with Gasteiger partial charge in [0.05, 0.1) is 0 Å². The van der Waals surface area contributed by atoms with Crippen LogP contribution in [-0.2, 0) is 0 Å². The number of anilines is 1. The lowest BCUT2D eigenvalue weighted by molar-refractivity contribution is 0.0724. The number of pyridine rings is 1. The molecule has 136 valence electrons. The van der Waals surface area contributed by atoms with Crippen molar-refractivity contribution in [1.29, 1.82) is 0 Å². The van der Waals surface area contributed by atoms with Crippen LogP contribution in [0.15, 0.2) is 42.6 Å². The first-order chi connectivity index (χ1) is 12.8. The molecule has 4 rings (SSSR count). The number of hydrogen-bond donors (Lipinski definition) is 0. The molecular formula is C22H27N3O. The molecule has 2 fully saturated rings. The molecule has 4 heteroatoms. The number of benzene rings is 1. The lowest BCUT2D eigenvalue weighted by atomic mass is 10.0. The van der Waals surface area contributed by atoms with Gasteiger partial charge in [-0.25, -0.2) is 4.98 Å². The number of nitrogens with zero attached hydrogens (tertiary/aromatic N) is 3. The van der Waals surface area contributed by atoms with E-state index in [-0.39, 0.29) is 5.91 Å². The van der Waals surface area contributed by atoms with E-state index >= 15 is 0 Å². The largest absolute Gasteiger partial charge is 0.357 e. The number of hydrogen-bond acceptors (Lipinski definition) is 3. The van der Waals surface area contributed by atoms with Gasteiger partial charge in [-0.2, -0.15) is 0 Å². The van der Waals surface area contributed by atoms with Crippen molar-refractivity contribution in [3.05, 3.63) is 48.2 Å². The summed E-state index contributed by atoms with van der Waals surface area (Å²) < 4.78 is 0. The van der Waals surface area contributed by atoms with E-state index in [2.05, 4.69) is 22.0 Å². The Morgan fingerprint density at radius 3 is 1.96 bits per heavy atom. The summed E-state index contributed by atoms with van der Waals surface area (Å²) in [6.45, 7) is 4.00. The highest BCUT2D eigenvalue weighted by Gasteiger charge is 2.18. The number of carbonyl (C=O) groups excluding carboxylic acids is 1. The second kappa shape index (κ2) is 7.90. The maximum atomic E-state index is 12.6. The smallest absolute Gasteiger partial charge is 0.253 e. The van der Waals surface area contributed by atoms with Crippen LogP contribution in [0.1, 0.15) is 48.9 Å². The van der Waals surface area contributed by atoms with Crippen LogP contribution in [0, 0.1) is 0 Å². The number of amides is 1. The van der Waals surface area contributed by atoms with Crippen LogP contribution in [0.5, 0.6) is 0 Å². The van der Waals surface area contributed by atoms with Gasteiger partial charge in [-0.3, -0.25) is 4.79 Å². The molecule has 2 aliphatic rings. The van der Waals surface area contributed by atoms with Gasteiger partial charge >= 0.3 is 0 Å². The Hall–Kier alpha value is -2.36. The maximum absolute atomic E-state index is 12.6. The monoisotopic (exact) mass is 349 g/mol. The zero-order chi connectivity index (χ0) is 17.8. The van der Waals surface area contributed by atoms with Crippen LogP contribution in [0.25, 0.3) is 11.1 Å². The van der Waals surface area contributed by atoms with E-state index in [1.807, 2.05) is 35.4 Å². The fourth-order valence-electron chi connectivity index (χ4n) is 3.95. The molecule has 1 aromatic carbocycles. The fraction of sp³-hybridized carbons (Fsp3) is 0.455. The van der Waals surface area contributed by atoms with Gasteiger partial charge < -0.3 is 9.80 Å². The van der Waals surface area contributed by atoms with E-state index in [1.165, 1.54) is 25.7 Å². The van der Waals surface area contributed by atoms with Gasteiger partial charge in [0.2, 0.25) is 0 Å². The summed E-state index contributed by atoms with van der Waals surface area (Å²) in [4.78, 5) is 21.6. The topological polar surface area (TPSA) is 36.4 Å². The molecule has 26 heavy (non-hydrogen) atoms. The standard InChI is InChI=1S/C22H27N3O/c26-22(25-15-5-2-6-16-25)19-9-7-18(8-10-19)20-11-12-21(23-17-20)24-13-3-1-4-14-24/h7-12,17H,1-6,13-16H2. The first-order valence-corrected chi connectivity index (χ1v) is 9.92. The Balaban J connectivity index is 1.45. The summed E-state index contributed by atoms with van der Waals surface area (Å²) in [6, 6.07) is 12.2. The Bertz CT molecular complexity index is 727. The minimum Gasteiger partial charge on any atom is -0.357 e. The van der Waals surface area contributed by atoms with Crippen LogP contribution in [0.4, 0.5) is 5.82 Å². The Labute approximate surface area is 155 Å². The highest BCUT2D eigenvalue weighted by Crippen LogP contribution is 2.24. The van der Waals surface area contributed by atoms with Gasteiger partial charge in [-0.1, -0.05) is 12.1 Å². The van der Waals surface area contributed by atoms with Gasteiger partial charge in [0, 0.05) is 43.5 Å². The molecule has 0 unspecified atom stereocenters. The molecular weight excluding hydrogens is 322 g/mol. The van der Waals surface area contributed by atoms with Gasteiger partial charge in [0.25, 0.3) is 5.91 Å². The van der Waals surface area contributed by atoms with Crippen molar-refractivity contribution in [3.63, 3.8) is 0 Å². The molecule has 1 aromatic heterocycles. The molecule has 0 atom stereocenters. The average molecular weight is 349 g/mol. The van der Waals surface area contributed by atoms with E-state index < -0.39 is 0 Å². The molecule has 0 aliphatic carbocycles. The first-order valence-electron chi connectivity index (χ1n) is 9.92. The SMILES string of the molecule is O=C(c1ccc(-c2ccc(N3CCCCC3)nc2)cc1)N1CCCCC1. The van der Waals surface area contributed by atoms with Crippen molar-refractivity contribution in [2.75, 3.05) is 31.1 Å². The van der Waals surface area contributed by atoms with Crippen molar-refractivity contribution in [1.82, 2.24) is 9.88 Å². The third kappa shape index (κ3) is 3.74. The zero-order valence-corrected chi connectivity index (χ0v) is 15.4. The predicted molar refractivity (Wildman–Crippen MR) is 105 cm³/mol. The molecule has 1 amide bonds. The highest BCUT2D eigenvalue weighted by atomic mass is 16.2. The molecule has 0 N–H and O–H groups in total.